The van der Waals surface area contributed by atoms with Crippen LogP contribution in [0.25, 0.3) is 11.1 Å². The number of carboxylic acid groups (broad SMARTS) is 1. The van der Waals surface area contributed by atoms with E-state index < -0.39 is 396 Å². The molecule has 32 N–H and O–H groups in total. The molecule has 0 aromatic heterocycles. The van der Waals surface area contributed by atoms with Crippen LogP contribution in [-0.2, 0) is 119 Å². The lowest BCUT2D eigenvalue weighted by atomic mass is 9.95. The Labute approximate surface area is 839 Å². The summed E-state index contributed by atoms with van der Waals surface area (Å²) in [5.41, 5.74) is -0.270. The van der Waals surface area contributed by atoms with Crippen LogP contribution in [-0.4, -0.2) is 563 Å². The predicted octanol–water partition coefficient (Wildman–Crippen LogP) is -18.5. The fraction of sp³-hybridized carbons (Fsp3) is 0.782. The van der Waals surface area contributed by atoms with Gasteiger partial charge in [-0.3, -0.25) is 28.8 Å². The van der Waals surface area contributed by atoms with Crippen LogP contribution >= 0.6 is 0 Å². The third-order valence-corrected chi connectivity index (χ3v) is 25.5. The van der Waals surface area contributed by atoms with Gasteiger partial charge in [0.05, 0.1) is 78.2 Å². The fourth-order valence-corrected chi connectivity index (χ4v) is 17.7. The summed E-state index contributed by atoms with van der Waals surface area (Å²) in [6, 6.07) is 3.00. The zero-order valence-electron chi connectivity index (χ0n) is 79.6. The number of fused-ring (bicyclic) bond motifs is 1. The maximum Gasteiger partial charge on any atom is 0.335 e. The van der Waals surface area contributed by atoms with E-state index in [4.69, 9.17) is 104 Å². The van der Waals surface area contributed by atoms with E-state index in [1.807, 2.05) is 0 Å². The van der Waals surface area contributed by atoms with Crippen LogP contribution in [0.4, 0.5) is 0 Å². The Morgan fingerprint density at radius 3 is 0.845 bits per heavy atom. The maximum atomic E-state index is 13.6. The van der Waals surface area contributed by atoms with Crippen molar-refractivity contribution in [1.29, 1.82) is 0 Å². The summed E-state index contributed by atoms with van der Waals surface area (Å²) < 4.78 is 127. The first-order chi connectivity index (χ1) is 70.6. The summed E-state index contributed by atoms with van der Waals surface area (Å²) in [6.45, 7) is -7.55. The minimum absolute atomic E-state index is 0.00663. The van der Waals surface area contributed by atoms with E-state index in [1.165, 1.54) is 30.3 Å². The second-order valence-corrected chi connectivity index (χ2v) is 36.2. The Morgan fingerprint density at radius 1 is 0.277 bits per heavy atom. The van der Waals surface area contributed by atoms with Crippen LogP contribution in [0.5, 0.6) is 17.2 Å². The Bertz CT molecular complexity index is 4380. The molecule has 61 nitrogen and oxygen atoms in total. The van der Waals surface area contributed by atoms with Crippen molar-refractivity contribution in [2.75, 3.05) is 112 Å². The number of aromatic carboxylic acids is 1. The van der Waals surface area contributed by atoms with Crippen molar-refractivity contribution in [2.24, 2.45) is 0 Å². The number of rotatable bonds is 49. The van der Waals surface area contributed by atoms with Gasteiger partial charge in [0, 0.05) is 46.5 Å². The van der Waals surface area contributed by atoms with Gasteiger partial charge in [-0.15, -0.1) is 0 Å². The second kappa shape index (κ2) is 54.9. The number of amides is 6. The van der Waals surface area contributed by atoms with Gasteiger partial charge in [0.15, 0.2) is 82.7 Å². The average molecular weight is 2140 g/mol. The van der Waals surface area contributed by atoms with Crippen LogP contribution in [0.1, 0.15) is 50.4 Å². The van der Waals surface area contributed by atoms with Crippen LogP contribution in [0.3, 0.4) is 0 Å². The number of carbonyl (C=O) groups excluding carboxylic acids is 6. The van der Waals surface area contributed by atoms with Gasteiger partial charge in [0.25, 0.3) is 17.7 Å². The van der Waals surface area contributed by atoms with E-state index in [-0.39, 0.29) is 87.1 Å². The first-order valence-corrected chi connectivity index (χ1v) is 47.4. The Hall–Kier alpha value is -7.63. The Morgan fingerprint density at radius 2 is 0.541 bits per heavy atom. The van der Waals surface area contributed by atoms with Gasteiger partial charge in [-0.25, -0.2) is 4.79 Å². The molecule has 45 atom stereocenters. The van der Waals surface area contributed by atoms with Crippen LogP contribution in [0.15, 0.2) is 36.4 Å². The molecule has 10 aliphatic heterocycles. The van der Waals surface area contributed by atoms with Gasteiger partial charge in [-0.1, -0.05) is 0 Å². The van der Waals surface area contributed by atoms with Crippen molar-refractivity contribution < 1.29 is 271 Å². The van der Waals surface area contributed by atoms with Crippen LogP contribution in [0, 0.1) is 0 Å². The molecule has 2 aromatic rings. The Kier molecular flexibility index (Phi) is 44.2. The number of nitrogens with one attached hydrogen (secondary N) is 6. The van der Waals surface area contributed by atoms with E-state index in [2.05, 4.69) is 31.9 Å². The van der Waals surface area contributed by atoms with Crippen molar-refractivity contribution >= 4 is 41.4 Å². The Balaban J connectivity index is 0.665. The summed E-state index contributed by atoms with van der Waals surface area (Å²) in [4.78, 5) is 91.3. The van der Waals surface area contributed by atoms with Crippen LogP contribution in [0.2, 0.25) is 0 Å². The number of carboxylic acids is 1. The molecule has 148 heavy (non-hydrogen) atoms. The van der Waals surface area contributed by atoms with Crippen molar-refractivity contribution in [2.45, 2.75) is 316 Å². The zero-order valence-corrected chi connectivity index (χ0v) is 79.6. The molecule has 0 bridgehead atoms. The number of hydrogen-bond donors (Lipinski definition) is 32. The molecule has 10 saturated heterocycles. The highest BCUT2D eigenvalue weighted by Gasteiger charge is 2.63. The van der Waals surface area contributed by atoms with Gasteiger partial charge in [0.2, 0.25) is 17.7 Å². The standard InChI is InChI=1S/C87H132N6O55/c1-30(102)91-50-58(113)70(141-84-67(122)73(56(111)42(22-97)136-84)144-81-64(119)61(116)53(108)39(19-94)133-81)44(24-99)138-78(50)127-11-5-8-89-48(106)28-131-37-15-34(16-38(18-37)132-29-49(107)90-9-6-12-128-79-51(92-31(2)103)59(114)71(45(25-100)139-79)142-85-68(123)74(57(112)43(23-98)137-85)145-82-65(120)62(117)54(109)40(20-95)134-82)33-13-35(77(125)126)17-36(14-33)130-27-47(105)88-7-4-10-129-80-52(93-32(3)104)60(115)72(46(26-101)140-80)143-86-69(124)75(76-87(147-76)148-86)146-83-66(121)63(118)55(110)41(21-96)135-83/h13-18,39-46,50-76,78-87,94-101,108-124H,4-12,19-29H2,1-3H3,(H,88,105)(H,89,106)(H,90,107)(H,91,102)(H,92,103)(H,93,104)(H,125,126)/t39?,40?,41?,42?,43?,44?,45?,46?,50?,51?,52?,53-,54-,55-,56-,57-,58?,59?,60?,61?,62?,63?,64?,65?,66?,67?,68?,69?,70+,71+,72+,73?,74?,75?,76+,78+,79+,80+,81+,82+,83+,84-,85-,86+,87?/m0/s1. The van der Waals surface area contributed by atoms with E-state index in [0.29, 0.717) is 0 Å². The van der Waals surface area contributed by atoms with Crippen molar-refractivity contribution in [3.8, 4) is 28.4 Å². The third-order valence-electron chi connectivity index (χ3n) is 25.5. The van der Waals surface area contributed by atoms with E-state index in [0.717, 1.165) is 26.8 Å². The number of aliphatic hydroxyl groups excluding tert-OH is 25. The summed E-state index contributed by atoms with van der Waals surface area (Å²) in [6.07, 6.45) is -73.0. The highest BCUT2D eigenvalue weighted by molar-refractivity contribution is 5.90. The maximum absolute atomic E-state index is 13.6. The topological polar surface area (TPSA) is 924 Å². The summed E-state index contributed by atoms with van der Waals surface area (Å²) in [7, 11) is 0. The number of ether oxygens (including phenoxy) is 22. The van der Waals surface area contributed by atoms with Gasteiger partial charge < -0.3 is 269 Å². The number of hydrogen-bond acceptors (Lipinski definition) is 54. The van der Waals surface area contributed by atoms with Crippen molar-refractivity contribution in [3.63, 3.8) is 0 Å². The predicted molar refractivity (Wildman–Crippen MR) is 470 cm³/mol. The molecule has 0 saturated carbocycles. The first-order valence-electron chi connectivity index (χ1n) is 47.4. The van der Waals surface area contributed by atoms with Gasteiger partial charge in [0.1, 0.15) is 231 Å². The molecule has 2 aromatic carbocycles. The lowest BCUT2D eigenvalue weighted by molar-refractivity contribution is -0.376. The van der Waals surface area contributed by atoms with Crippen molar-refractivity contribution in [3.05, 3.63) is 42.0 Å². The number of benzene rings is 2. The number of carbonyl (C=O) groups is 7. The lowest BCUT2D eigenvalue weighted by Crippen LogP contribution is -2.68. The largest absolute Gasteiger partial charge is 0.484 e. The number of aliphatic hydroxyl groups is 25. The molecule has 0 aliphatic carbocycles. The molecule has 0 radical (unpaired) electrons. The normalized spacial score (nSPS) is 39.9. The number of epoxide rings is 1. The SMILES string of the molecule is CC(=O)NC1C(O)[C@H](O[C@@H]2OC(CO)[C@H](O)C(O[C@H]3OC(CO)[C@H](O)C(O)C3O)C2O)C(CO)O[C@H]1OCCCNC(=O)COc1cc(OCC(=O)NCCCO[C@@H]2OC(CO)[C@@H](O[C@@H]3OC(CO)[C@H](O)C(O[C@H]4OC(CO)[C@H](O)C(O)C4O)C3O)C(O)C2NC(C)=O)cc(-c2cc(OCC(=O)NCCCO[C@@H]3OC(CO)[C@@H](O[C@@H]4OC5O[C@@H]5C(O[C@H]5OC(CO)[C@H](O)C(O)C5O)C4O)C(O)C3NC(C)=O)cc(C(=O)O)c2)c1. The first kappa shape index (κ1) is 119. The molecule has 6 amide bonds. The van der Waals surface area contributed by atoms with Crippen LogP contribution < -0.4 is 46.1 Å². The van der Waals surface area contributed by atoms with Gasteiger partial charge in [-0.05, 0) is 60.7 Å². The van der Waals surface area contributed by atoms with Gasteiger partial charge >= 0.3 is 5.97 Å². The van der Waals surface area contributed by atoms with Crippen molar-refractivity contribution in [1.82, 2.24) is 31.9 Å². The van der Waals surface area contributed by atoms with E-state index in [1.54, 1.807) is 0 Å². The smallest absolute Gasteiger partial charge is 0.335 e. The molecule has 10 fully saturated rings. The lowest BCUT2D eigenvalue weighted by Gasteiger charge is -2.48. The molecular weight excluding hydrogens is 2010 g/mol. The third kappa shape index (κ3) is 29.5. The molecule has 0 spiro atoms. The molecule has 12 rings (SSSR count). The average Bonchev–Trinajstić information content (AvgIpc) is 1.60. The minimum Gasteiger partial charge on any atom is -0.484 e. The van der Waals surface area contributed by atoms with E-state index >= 15 is 0 Å². The minimum atomic E-state index is -2.10. The molecule has 61 heteroatoms. The summed E-state index contributed by atoms with van der Waals surface area (Å²) in [5, 5.41) is 293. The zero-order chi connectivity index (χ0) is 108. The monoisotopic (exact) mass is 2140 g/mol. The molecule has 10 heterocycles. The summed E-state index contributed by atoms with van der Waals surface area (Å²) >= 11 is 0. The molecule has 10 aliphatic rings. The molecule has 840 valence electrons. The molecule has 27 unspecified atom stereocenters. The van der Waals surface area contributed by atoms with E-state index in [9.17, 15) is 166 Å². The quantitative estimate of drug-likeness (QED) is 0.0216. The summed E-state index contributed by atoms with van der Waals surface area (Å²) in [5.74, 6) is -6.49. The molecular formula is C87H132N6O55. The highest BCUT2D eigenvalue weighted by atomic mass is 16.9. The van der Waals surface area contributed by atoms with Gasteiger partial charge in [-0.2, -0.15) is 0 Å². The second-order valence-electron chi connectivity index (χ2n) is 36.2. The fourth-order valence-electron chi connectivity index (χ4n) is 17.7. The highest BCUT2D eigenvalue weighted by Crippen LogP contribution is 2.43.